The molecule has 1 amide bonds. The van der Waals surface area contributed by atoms with Crippen molar-refractivity contribution in [3.63, 3.8) is 0 Å². The maximum absolute atomic E-state index is 12.2. The molecule has 6 heteroatoms. The van der Waals surface area contributed by atoms with Crippen molar-refractivity contribution in [2.75, 3.05) is 13.2 Å². The number of hydrogen-bond acceptors (Lipinski definition) is 5. The number of carbonyl (C=O) groups is 2. The molecule has 0 fully saturated rings. The van der Waals surface area contributed by atoms with Gasteiger partial charge in [-0.1, -0.05) is 30.3 Å². The Labute approximate surface area is 137 Å². The van der Waals surface area contributed by atoms with Crippen LogP contribution in [0.4, 0.5) is 4.79 Å². The van der Waals surface area contributed by atoms with E-state index in [0.717, 1.165) is 10.6 Å². The normalized spacial score (nSPS) is 11.0. The second kappa shape index (κ2) is 9.15. The molecule has 23 heavy (non-hydrogen) atoms. The van der Waals surface area contributed by atoms with Crippen molar-refractivity contribution in [1.82, 2.24) is 5.06 Å². The van der Waals surface area contributed by atoms with Crippen molar-refractivity contribution >= 4 is 12.1 Å². The Balaban J connectivity index is 2.63. The van der Waals surface area contributed by atoms with Crippen LogP contribution in [0.15, 0.2) is 30.3 Å². The van der Waals surface area contributed by atoms with Gasteiger partial charge in [-0.3, -0.25) is 9.63 Å². The van der Waals surface area contributed by atoms with Crippen LogP contribution in [0.2, 0.25) is 0 Å². The van der Waals surface area contributed by atoms with Gasteiger partial charge in [0.05, 0.1) is 19.6 Å². The molecule has 0 aromatic heterocycles. The molecule has 6 nitrogen and oxygen atoms in total. The zero-order valence-electron chi connectivity index (χ0n) is 14.2. The van der Waals surface area contributed by atoms with Crippen LogP contribution in [-0.2, 0) is 25.7 Å². The highest BCUT2D eigenvalue weighted by atomic mass is 16.7. The minimum absolute atomic E-state index is 0.0435. The largest absolute Gasteiger partial charge is 0.466 e. The Morgan fingerprint density at radius 1 is 1.13 bits per heavy atom. The third-order valence-electron chi connectivity index (χ3n) is 2.65. The number of carbonyl (C=O) groups excluding carboxylic acids is 2. The van der Waals surface area contributed by atoms with Gasteiger partial charge in [-0.25, -0.2) is 4.79 Å². The van der Waals surface area contributed by atoms with Crippen LogP contribution in [-0.4, -0.2) is 35.9 Å². The topological polar surface area (TPSA) is 65.1 Å². The van der Waals surface area contributed by atoms with E-state index in [1.54, 1.807) is 27.7 Å². The van der Waals surface area contributed by atoms with Crippen LogP contribution in [0, 0.1) is 0 Å². The summed E-state index contributed by atoms with van der Waals surface area (Å²) >= 11 is 0. The fourth-order valence-electron chi connectivity index (χ4n) is 1.67. The molecule has 0 aliphatic carbocycles. The van der Waals surface area contributed by atoms with E-state index in [1.807, 2.05) is 30.3 Å². The van der Waals surface area contributed by atoms with Gasteiger partial charge in [-0.15, -0.1) is 0 Å². The summed E-state index contributed by atoms with van der Waals surface area (Å²) in [5, 5.41) is 1.06. The highest BCUT2D eigenvalue weighted by Crippen LogP contribution is 2.12. The molecule has 0 saturated heterocycles. The monoisotopic (exact) mass is 323 g/mol. The number of esters is 1. The van der Waals surface area contributed by atoms with Gasteiger partial charge in [0.2, 0.25) is 0 Å². The van der Waals surface area contributed by atoms with Crippen LogP contribution >= 0.6 is 0 Å². The van der Waals surface area contributed by atoms with E-state index in [4.69, 9.17) is 14.3 Å². The van der Waals surface area contributed by atoms with E-state index in [2.05, 4.69) is 0 Å². The van der Waals surface area contributed by atoms with Crippen LogP contribution in [0.25, 0.3) is 0 Å². The average molecular weight is 323 g/mol. The minimum atomic E-state index is -0.643. The molecule has 1 rings (SSSR count). The summed E-state index contributed by atoms with van der Waals surface area (Å²) in [6.07, 6.45) is -0.584. The molecule has 0 radical (unpaired) electrons. The zero-order chi connectivity index (χ0) is 17.3. The van der Waals surface area contributed by atoms with Gasteiger partial charge in [-0.05, 0) is 33.3 Å². The van der Waals surface area contributed by atoms with Crippen LogP contribution in [0.1, 0.15) is 39.7 Å². The Morgan fingerprint density at radius 3 is 2.35 bits per heavy atom. The molecule has 1 aromatic carbocycles. The van der Waals surface area contributed by atoms with E-state index < -0.39 is 11.7 Å². The van der Waals surface area contributed by atoms with Gasteiger partial charge in [0.15, 0.2) is 0 Å². The van der Waals surface area contributed by atoms with Gasteiger partial charge in [-0.2, -0.15) is 5.06 Å². The van der Waals surface area contributed by atoms with E-state index in [9.17, 15) is 9.59 Å². The molecule has 1 aromatic rings. The molecular weight excluding hydrogens is 298 g/mol. The lowest BCUT2D eigenvalue weighted by Gasteiger charge is -2.26. The van der Waals surface area contributed by atoms with E-state index in [0.29, 0.717) is 6.61 Å². The smallest absolute Gasteiger partial charge is 0.434 e. The molecular formula is C17H25NO5. The predicted octanol–water partition coefficient (Wildman–Crippen LogP) is 3.31. The van der Waals surface area contributed by atoms with Crippen LogP contribution in [0.5, 0.6) is 0 Å². The lowest BCUT2D eigenvalue weighted by molar-refractivity contribution is -0.164. The third kappa shape index (κ3) is 8.21. The Bertz CT molecular complexity index is 495. The fourth-order valence-corrected chi connectivity index (χ4v) is 1.67. The number of hydroxylamine groups is 2. The molecule has 0 aliphatic rings. The van der Waals surface area contributed by atoms with Crippen LogP contribution < -0.4 is 0 Å². The summed E-state index contributed by atoms with van der Waals surface area (Å²) in [4.78, 5) is 29.2. The molecule has 0 unspecified atom stereocenters. The molecule has 0 N–H and O–H groups in total. The van der Waals surface area contributed by atoms with E-state index in [-0.39, 0.29) is 25.5 Å². The third-order valence-corrected chi connectivity index (χ3v) is 2.65. The Hall–Kier alpha value is -2.08. The summed E-state index contributed by atoms with van der Waals surface area (Å²) in [7, 11) is 0. The van der Waals surface area contributed by atoms with Crippen LogP contribution in [0.3, 0.4) is 0 Å². The number of ether oxygens (including phenoxy) is 2. The van der Waals surface area contributed by atoms with Gasteiger partial charge < -0.3 is 9.47 Å². The van der Waals surface area contributed by atoms with Gasteiger partial charge in [0.25, 0.3) is 0 Å². The number of rotatable bonds is 7. The maximum Gasteiger partial charge on any atom is 0.434 e. The lowest BCUT2D eigenvalue weighted by Crippen LogP contribution is -2.38. The maximum atomic E-state index is 12.2. The zero-order valence-corrected chi connectivity index (χ0v) is 14.2. The lowest BCUT2D eigenvalue weighted by atomic mass is 10.2. The van der Waals surface area contributed by atoms with Crippen molar-refractivity contribution in [3.05, 3.63) is 35.9 Å². The second-order valence-corrected chi connectivity index (χ2v) is 5.90. The Morgan fingerprint density at radius 2 is 1.78 bits per heavy atom. The van der Waals surface area contributed by atoms with Crippen molar-refractivity contribution in [1.29, 1.82) is 0 Å². The standard InChI is InChI=1S/C17H25NO5/c1-5-21-15(19)11-12-18(16(20)23-17(2,3)4)22-13-14-9-7-6-8-10-14/h6-10H,5,11-13H2,1-4H3. The van der Waals surface area contributed by atoms with Crippen molar-refractivity contribution < 1.29 is 23.9 Å². The molecule has 0 spiro atoms. The van der Waals surface area contributed by atoms with Crippen molar-refractivity contribution in [2.24, 2.45) is 0 Å². The molecule has 0 atom stereocenters. The number of benzene rings is 1. The summed E-state index contributed by atoms with van der Waals surface area (Å²) in [5.74, 6) is -0.385. The van der Waals surface area contributed by atoms with Crippen molar-refractivity contribution in [3.8, 4) is 0 Å². The van der Waals surface area contributed by atoms with Gasteiger partial charge in [0.1, 0.15) is 12.2 Å². The Kier molecular flexibility index (Phi) is 7.54. The first-order chi connectivity index (χ1) is 10.8. The second-order valence-electron chi connectivity index (χ2n) is 5.90. The summed E-state index contributed by atoms with van der Waals surface area (Å²) in [6, 6.07) is 9.44. The number of amides is 1. The molecule has 0 aliphatic heterocycles. The van der Waals surface area contributed by atoms with Crippen molar-refractivity contribution in [2.45, 2.75) is 46.3 Å². The highest BCUT2D eigenvalue weighted by molar-refractivity contribution is 5.71. The summed E-state index contributed by atoms with van der Waals surface area (Å²) in [5.41, 5.74) is 0.271. The minimum Gasteiger partial charge on any atom is -0.466 e. The average Bonchev–Trinajstić information content (AvgIpc) is 2.46. The number of nitrogens with zero attached hydrogens (tertiary/aromatic N) is 1. The fraction of sp³-hybridized carbons (Fsp3) is 0.529. The van der Waals surface area contributed by atoms with E-state index >= 15 is 0 Å². The SMILES string of the molecule is CCOC(=O)CCN(OCc1ccccc1)C(=O)OC(C)(C)C. The van der Waals surface area contributed by atoms with E-state index in [1.165, 1.54) is 0 Å². The first-order valence-corrected chi connectivity index (χ1v) is 7.65. The molecule has 128 valence electrons. The summed E-state index contributed by atoms with van der Waals surface area (Å²) < 4.78 is 10.2. The highest BCUT2D eigenvalue weighted by Gasteiger charge is 2.23. The quantitative estimate of drug-likeness (QED) is 0.569. The molecule has 0 saturated carbocycles. The predicted molar refractivity (Wildman–Crippen MR) is 85.4 cm³/mol. The van der Waals surface area contributed by atoms with Gasteiger partial charge >= 0.3 is 12.1 Å². The molecule has 0 heterocycles. The molecule has 0 bridgehead atoms. The first kappa shape index (κ1) is 19.0. The number of hydrogen-bond donors (Lipinski definition) is 0. The first-order valence-electron chi connectivity index (χ1n) is 7.65. The van der Waals surface area contributed by atoms with Gasteiger partial charge in [0, 0.05) is 0 Å². The summed E-state index contributed by atoms with van der Waals surface area (Å²) in [6.45, 7) is 7.62.